The zero-order valence-corrected chi connectivity index (χ0v) is 38.7. The van der Waals surface area contributed by atoms with Crippen LogP contribution in [0.15, 0.2) is 99.2 Å². The summed E-state index contributed by atoms with van der Waals surface area (Å²) in [6.07, 6.45) is 10.8. The second-order valence-corrected chi connectivity index (χ2v) is 12.6. The third-order valence-corrected chi connectivity index (χ3v) is 8.62. The fraction of sp³-hybridized carbons (Fsp3) is 0.341. The number of rotatable bonds is 16. The number of hydrogen-bond acceptors (Lipinski definition) is 10. The Hall–Kier alpha value is -1.57. The Balaban J connectivity index is 0. The van der Waals surface area contributed by atoms with Crippen LogP contribution in [-0.2, 0) is 49.6 Å². The molecule has 0 aliphatic carbocycles. The van der Waals surface area contributed by atoms with Crippen molar-refractivity contribution in [2.45, 2.75) is 58.8 Å². The number of benzene rings is 4. The van der Waals surface area contributed by atoms with Crippen molar-refractivity contribution < 1.29 is 153 Å². The first-order chi connectivity index (χ1) is 25.8. The Kier molecular flexibility index (Phi) is 28.8. The van der Waals surface area contributed by atoms with Gasteiger partial charge in [-0.25, -0.2) is 0 Å². The molecule has 3 atom stereocenters. The molecular formula is C44H55ClK2O10. The molecule has 3 heterocycles. The van der Waals surface area contributed by atoms with Crippen molar-refractivity contribution >= 4 is 39.6 Å². The number of halogens is 1. The van der Waals surface area contributed by atoms with Gasteiger partial charge in [0, 0.05) is 21.5 Å². The average molecular weight is 858 g/mol. The summed E-state index contributed by atoms with van der Waals surface area (Å²) >= 11 is 5.27. The van der Waals surface area contributed by atoms with E-state index in [-0.39, 0.29) is 149 Å². The molecule has 10 nitrogen and oxygen atoms in total. The fourth-order valence-electron chi connectivity index (χ4n) is 5.36. The molecular weight excluding hydrogens is 802 g/mol. The molecule has 57 heavy (non-hydrogen) atoms. The minimum absolute atomic E-state index is 0. The first kappa shape index (κ1) is 55.4. The van der Waals surface area contributed by atoms with Crippen LogP contribution in [-0.4, -0.2) is 73.9 Å². The predicted octanol–water partition coefficient (Wildman–Crippen LogP) is 2.01. The quantitative estimate of drug-likeness (QED) is 0.0327. The van der Waals surface area contributed by atoms with Crippen LogP contribution < -0.4 is 118 Å². The maximum absolute atomic E-state index is 10.1. The van der Waals surface area contributed by atoms with Gasteiger partial charge in [-0.3, -0.25) is 4.79 Å². The largest absolute Gasteiger partial charge is 1.00 e. The van der Waals surface area contributed by atoms with E-state index in [9.17, 15) is 10.2 Å². The smallest absolute Gasteiger partial charge is 1.00 e. The van der Waals surface area contributed by atoms with E-state index in [1.807, 2.05) is 36.4 Å². The number of aromatic hydroxyl groups is 2. The van der Waals surface area contributed by atoms with Gasteiger partial charge >= 0.3 is 103 Å². The van der Waals surface area contributed by atoms with Crippen molar-refractivity contribution in [3.8, 4) is 23.0 Å². The molecule has 0 spiro atoms. The Morgan fingerprint density at radius 2 is 0.930 bits per heavy atom. The summed E-state index contributed by atoms with van der Waals surface area (Å²) < 4.78 is 27.6. The molecule has 3 fully saturated rings. The van der Waals surface area contributed by atoms with E-state index in [4.69, 9.17) is 45.3 Å². The van der Waals surface area contributed by atoms with Crippen LogP contribution in [0.25, 0.3) is 21.5 Å². The molecule has 4 aromatic rings. The first-order valence-corrected chi connectivity index (χ1v) is 17.7. The summed E-state index contributed by atoms with van der Waals surface area (Å²) in [5.74, 6) is 2.90. The van der Waals surface area contributed by atoms with Crippen LogP contribution in [0.1, 0.15) is 38.5 Å². The normalized spacial score (nSPS) is 16.1. The van der Waals surface area contributed by atoms with Crippen LogP contribution in [0, 0.1) is 0 Å². The third-order valence-electron chi connectivity index (χ3n) is 8.28. The standard InChI is InChI=1S/C22H24O4.C16H16O2.C3H5ClO.CH2O3.2CH4.2K.H/c1-3-5-15-7-9-20-19(21(15)25-13-17-11-23-17)10-8-16(6-4-2)22(20)26-14-18-12-24-18;1-3-5-11-7-9-14-13(15(11)17)10-8-12(6-4-2)16(14)18;4-1-3-2-5-3;2-1-4-3;;;;;/h3-4,7-10,17-18H,1-2,5-6,11-14H2;3-4,7-10,17-18H,1-2,5-6H2;3H,1-2H2;1,3H;2*1H4;;;/q;;;;;;2*+1;-1/p-1. The molecule has 13 heteroatoms. The van der Waals surface area contributed by atoms with Gasteiger partial charge in [0.2, 0.25) is 0 Å². The Bertz CT molecular complexity index is 1760. The number of phenols is 2. The second kappa shape index (κ2) is 29.6. The maximum atomic E-state index is 10.1. The molecule has 0 aromatic heterocycles. The number of epoxide rings is 3. The van der Waals surface area contributed by atoms with Gasteiger partial charge in [-0.15, -0.1) is 37.9 Å². The number of allylic oxidation sites excluding steroid dienone is 4. The topological polar surface area (TPSA) is 146 Å². The van der Waals surface area contributed by atoms with E-state index in [1.165, 1.54) is 0 Å². The van der Waals surface area contributed by atoms with Crippen LogP contribution >= 0.6 is 11.6 Å². The molecule has 0 saturated carbocycles. The van der Waals surface area contributed by atoms with Crippen LogP contribution in [0.3, 0.4) is 0 Å². The number of phenolic OH excluding ortho intramolecular Hbond substituents is 2. The summed E-state index contributed by atoms with van der Waals surface area (Å²) in [7, 11) is 0. The van der Waals surface area contributed by atoms with Gasteiger partial charge in [0.05, 0.1) is 31.8 Å². The Labute approximate surface area is 429 Å². The van der Waals surface area contributed by atoms with Gasteiger partial charge in [0.15, 0.2) is 0 Å². The summed E-state index contributed by atoms with van der Waals surface area (Å²) in [6, 6.07) is 15.7. The SMILES string of the molecule is C.C.C=CCc1ccc2c(O)c(CC=C)ccc2c1O.C=CCc1ccc2c(OCC3CO3)c(CC=C)ccc2c1OCC1CO1.ClCC1CO1.O=CO[O-].[H-].[K+].[K+]. The number of fused-ring (bicyclic) bond motifs is 2. The van der Waals surface area contributed by atoms with Crippen LogP contribution in [0.2, 0.25) is 0 Å². The van der Waals surface area contributed by atoms with E-state index in [1.54, 1.807) is 12.2 Å². The van der Waals surface area contributed by atoms with Crippen molar-refractivity contribution in [1.82, 2.24) is 0 Å². The van der Waals surface area contributed by atoms with E-state index in [0.717, 1.165) is 77.2 Å². The third kappa shape index (κ3) is 17.5. The molecule has 3 aliphatic heterocycles. The summed E-state index contributed by atoms with van der Waals surface area (Å²) in [6.45, 7) is 18.5. The van der Waals surface area contributed by atoms with E-state index in [2.05, 4.69) is 55.5 Å². The number of carbonyl (C=O) groups excluding carboxylic acids is 1. The number of alkyl halides is 1. The fourth-order valence-corrected chi connectivity index (χ4v) is 5.54. The predicted molar refractivity (Wildman–Crippen MR) is 219 cm³/mol. The minimum Gasteiger partial charge on any atom is -1.00 e. The summed E-state index contributed by atoms with van der Waals surface area (Å²) in [5, 5.41) is 32.2. The van der Waals surface area contributed by atoms with Crippen molar-refractivity contribution in [2.75, 3.05) is 38.9 Å². The van der Waals surface area contributed by atoms with Crippen LogP contribution in [0.5, 0.6) is 23.0 Å². The molecule has 2 N–H and O–H groups in total. The maximum Gasteiger partial charge on any atom is 1.00 e. The molecule has 300 valence electrons. The van der Waals surface area contributed by atoms with E-state index < -0.39 is 0 Å². The molecule has 0 amide bonds. The zero-order chi connectivity index (χ0) is 38.2. The van der Waals surface area contributed by atoms with Crippen molar-refractivity contribution in [2.24, 2.45) is 0 Å². The molecule has 4 aromatic carbocycles. The molecule has 7 rings (SSSR count). The molecule has 3 aliphatic rings. The Morgan fingerprint density at radius 1 is 0.632 bits per heavy atom. The van der Waals surface area contributed by atoms with Crippen molar-refractivity contribution in [1.29, 1.82) is 0 Å². The summed E-state index contributed by atoms with van der Waals surface area (Å²) in [4.78, 5) is 11.2. The van der Waals surface area contributed by atoms with E-state index in [0.29, 0.717) is 48.8 Å². The van der Waals surface area contributed by atoms with Gasteiger partial charge in [0.25, 0.3) is 6.47 Å². The van der Waals surface area contributed by atoms with Crippen molar-refractivity contribution in [3.63, 3.8) is 0 Å². The second-order valence-electron chi connectivity index (χ2n) is 12.3. The van der Waals surface area contributed by atoms with Gasteiger partial charge < -0.3 is 45.5 Å². The molecule has 3 unspecified atom stereocenters. The minimum atomic E-state index is -0.181. The molecule has 0 radical (unpaired) electrons. The van der Waals surface area contributed by atoms with Gasteiger partial charge in [-0.05, 0) is 47.9 Å². The van der Waals surface area contributed by atoms with Crippen molar-refractivity contribution in [3.05, 3.63) is 121 Å². The molecule has 3 saturated heterocycles. The first-order valence-electron chi connectivity index (χ1n) is 17.2. The molecule has 0 bridgehead atoms. The van der Waals surface area contributed by atoms with Gasteiger partial charge in [-0.2, -0.15) is 0 Å². The average Bonchev–Trinajstić information content (AvgIpc) is 4.02. The summed E-state index contributed by atoms with van der Waals surface area (Å²) in [5.41, 5.74) is 3.88. The van der Waals surface area contributed by atoms with E-state index >= 15 is 0 Å². The number of ether oxygens (including phenoxy) is 5. The Morgan fingerprint density at radius 3 is 1.19 bits per heavy atom. The van der Waals surface area contributed by atoms with Crippen LogP contribution in [0.4, 0.5) is 0 Å². The monoisotopic (exact) mass is 856 g/mol. The zero-order valence-electron chi connectivity index (χ0n) is 32.7. The number of carbonyl (C=O) groups is 1. The van der Waals surface area contributed by atoms with Gasteiger partial charge in [-0.1, -0.05) is 87.7 Å². The number of hydrogen-bond donors (Lipinski definition) is 2. The van der Waals surface area contributed by atoms with Gasteiger partial charge in [0.1, 0.15) is 48.4 Å².